The number of rotatable bonds is 0. The van der Waals surface area contributed by atoms with Crippen molar-refractivity contribution in [1.29, 1.82) is 0 Å². The van der Waals surface area contributed by atoms with E-state index in [9.17, 15) is 4.79 Å². The molecule has 67 valence electrons. The molecule has 1 aromatic rings. The molecule has 0 aliphatic carbocycles. The van der Waals surface area contributed by atoms with Crippen LogP contribution in [0, 0.1) is 6.42 Å². The highest BCUT2D eigenvalue weighted by Gasteiger charge is 2.12. The van der Waals surface area contributed by atoms with Crippen LogP contribution in [0.4, 0.5) is 5.69 Å². The second-order valence-corrected chi connectivity index (χ2v) is 3.94. The standard InChI is InChI=1S/C10H9BrNO/c11-8-4-5-9-7(6-8)2-1-3-10(13)12-9/h2,4-6H,1,3H2,(H,12,13). The quantitative estimate of drug-likeness (QED) is 0.740. The molecule has 0 aromatic heterocycles. The summed E-state index contributed by atoms with van der Waals surface area (Å²) in [5, 5.41) is 2.86. The normalized spacial score (nSPS) is 15.9. The summed E-state index contributed by atoms with van der Waals surface area (Å²) in [7, 11) is 0. The number of hydrogen-bond acceptors (Lipinski definition) is 1. The van der Waals surface area contributed by atoms with Crippen LogP contribution in [0.15, 0.2) is 22.7 Å². The van der Waals surface area contributed by atoms with Crippen LogP contribution in [0.3, 0.4) is 0 Å². The van der Waals surface area contributed by atoms with E-state index in [1.165, 1.54) is 0 Å². The number of hydrogen-bond donors (Lipinski definition) is 1. The molecule has 1 amide bonds. The maximum absolute atomic E-state index is 11.2. The van der Waals surface area contributed by atoms with Crippen LogP contribution in [0.25, 0.3) is 0 Å². The van der Waals surface area contributed by atoms with Crippen molar-refractivity contribution < 1.29 is 4.79 Å². The van der Waals surface area contributed by atoms with Gasteiger partial charge in [0.25, 0.3) is 0 Å². The van der Waals surface area contributed by atoms with Gasteiger partial charge < -0.3 is 5.32 Å². The van der Waals surface area contributed by atoms with Gasteiger partial charge in [-0.15, -0.1) is 0 Å². The average molecular weight is 239 g/mol. The number of nitrogens with one attached hydrogen (secondary N) is 1. The van der Waals surface area contributed by atoms with Crippen LogP contribution in [-0.4, -0.2) is 5.91 Å². The Labute approximate surface area is 85.5 Å². The van der Waals surface area contributed by atoms with Crippen LogP contribution in [0.2, 0.25) is 0 Å². The van der Waals surface area contributed by atoms with Gasteiger partial charge in [0.15, 0.2) is 0 Å². The maximum Gasteiger partial charge on any atom is 0.224 e. The van der Waals surface area contributed by atoms with Gasteiger partial charge in [-0.05, 0) is 36.6 Å². The molecule has 0 spiro atoms. The summed E-state index contributed by atoms with van der Waals surface area (Å²) in [5.74, 6) is 0.0947. The number of halogens is 1. The first kappa shape index (κ1) is 8.75. The largest absolute Gasteiger partial charge is 0.326 e. The predicted molar refractivity (Wildman–Crippen MR) is 55.4 cm³/mol. The average Bonchev–Trinajstić information content (AvgIpc) is 2.25. The molecular weight excluding hydrogens is 230 g/mol. The molecule has 1 aliphatic rings. The fourth-order valence-electron chi connectivity index (χ4n) is 1.39. The van der Waals surface area contributed by atoms with Crippen molar-refractivity contribution in [3.8, 4) is 0 Å². The summed E-state index contributed by atoms with van der Waals surface area (Å²) in [6.07, 6.45) is 3.47. The molecule has 1 aromatic carbocycles. The van der Waals surface area contributed by atoms with Crippen LogP contribution in [-0.2, 0) is 4.79 Å². The second-order valence-electron chi connectivity index (χ2n) is 3.02. The lowest BCUT2D eigenvalue weighted by Crippen LogP contribution is -2.08. The van der Waals surface area contributed by atoms with Crippen LogP contribution >= 0.6 is 15.9 Å². The topological polar surface area (TPSA) is 29.1 Å². The Morgan fingerprint density at radius 1 is 1.38 bits per heavy atom. The SMILES string of the molecule is O=C1CC[CH]c2cc(Br)ccc2N1. The first-order valence-corrected chi connectivity index (χ1v) is 4.97. The first-order valence-electron chi connectivity index (χ1n) is 4.18. The Kier molecular flexibility index (Phi) is 2.36. The molecule has 0 atom stereocenters. The van der Waals surface area contributed by atoms with Gasteiger partial charge in [-0.2, -0.15) is 0 Å². The predicted octanol–water partition coefficient (Wildman–Crippen LogP) is 2.73. The molecule has 1 radical (unpaired) electrons. The van der Waals surface area contributed by atoms with Gasteiger partial charge in [0.1, 0.15) is 0 Å². The van der Waals surface area contributed by atoms with Crippen molar-refractivity contribution in [2.45, 2.75) is 12.8 Å². The van der Waals surface area contributed by atoms with E-state index in [0.717, 1.165) is 22.1 Å². The summed E-state index contributed by atoms with van der Waals surface area (Å²) in [6.45, 7) is 0. The minimum Gasteiger partial charge on any atom is -0.326 e. The smallest absolute Gasteiger partial charge is 0.224 e. The first-order chi connectivity index (χ1) is 6.25. The zero-order chi connectivity index (χ0) is 9.26. The number of fused-ring (bicyclic) bond motifs is 1. The van der Waals surface area contributed by atoms with E-state index in [2.05, 4.69) is 27.7 Å². The van der Waals surface area contributed by atoms with Crippen LogP contribution in [0.5, 0.6) is 0 Å². The molecule has 1 aliphatic heterocycles. The highest BCUT2D eigenvalue weighted by atomic mass is 79.9. The Morgan fingerprint density at radius 2 is 2.23 bits per heavy atom. The number of carbonyl (C=O) groups excluding carboxylic acids is 1. The zero-order valence-electron chi connectivity index (χ0n) is 7.01. The van der Waals surface area contributed by atoms with Gasteiger partial charge in [0.05, 0.1) is 0 Å². The van der Waals surface area contributed by atoms with Crippen molar-refractivity contribution in [3.05, 3.63) is 34.7 Å². The van der Waals surface area contributed by atoms with E-state index in [-0.39, 0.29) is 5.91 Å². The Bertz CT molecular complexity index is 349. The maximum atomic E-state index is 11.2. The fraction of sp³-hybridized carbons (Fsp3) is 0.200. The van der Waals surface area contributed by atoms with Crippen molar-refractivity contribution in [3.63, 3.8) is 0 Å². The summed E-state index contributed by atoms with van der Waals surface area (Å²) in [5.41, 5.74) is 2.01. The molecular formula is C10H9BrNO. The van der Waals surface area contributed by atoms with E-state index >= 15 is 0 Å². The summed E-state index contributed by atoms with van der Waals surface area (Å²) < 4.78 is 1.04. The molecule has 0 saturated carbocycles. The number of carbonyl (C=O) groups is 1. The van der Waals surface area contributed by atoms with Crippen molar-refractivity contribution in [2.75, 3.05) is 5.32 Å². The van der Waals surface area contributed by atoms with E-state index in [0.29, 0.717) is 6.42 Å². The fourth-order valence-corrected chi connectivity index (χ4v) is 1.77. The molecule has 1 heterocycles. The van der Waals surface area contributed by atoms with Gasteiger partial charge in [0.2, 0.25) is 5.91 Å². The lowest BCUT2D eigenvalue weighted by molar-refractivity contribution is -0.116. The Morgan fingerprint density at radius 3 is 3.08 bits per heavy atom. The molecule has 2 rings (SSSR count). The summed E-state index contributed by atoms with van der Waals surface area (Å²) in [4.78, 5) is 11.2. The molecule has 2 nitrogen and oxygen atoms in total. The van der Waals surface area contributed by atoms with Crippen molar-refractivity contribution in [2.24, 2.45) is 0 Å². The minimum atomic E-state index is 0.0947. The van der Waals surface area contributed by atoms with Gasteiger partial charge in [-0.1, -0.05) is 15.9 Å². The Balaban J connectivity index is 2.40. The molecule has 3 heteroatoms. The zero-order valence-corrected chi connectivity index (χ0v) is 8.60. The van der Waals surface area contributed by atoms with Gasteiger partial charge in [-0.25, -0.2) is 0 Å². The number of anilines is 1. The summed E-state index contributed by atoms with van der Waals surface area (Å²) >= 11 is 3.40. The molecule has 0 saturated heterocycles. The number of benzene rings is 1. The molecule has 0 fully saturated rings. The minimum absolute atomic E-state index is 0.0947. The number of amides is 1. The van der Waals surface area contributed by atoms with Crippen molar-refractivity contribution in [1.82, 2.24) is 0 Å². The van der Waals surface area contributed by atoms with Gasteiger partial charge in [-0.3, -0.25) is 4.79 Å². The molecule has 13 heavy (non-hydrogen) atoms. The third-order valence-electron chi connectivity index (χ3n) is 2.02. The third kappa shape index (κ3) is 1.91. The van der Waals surface area contributed by atoms with E-state index in [1.807, 2.05) is 18.2 Å². The van der Waals surface area contributed by atoms with Crippen molar-refractivity contribution >= 4 is 27.5 Å². The monoisotopic (exact) mass is 238 g/mol. The second kappa shape index (κ2) is 3.50. The lowest BCUT2D eigenvalue weighted by Gasteiger charge is -2.05. The third-order valence-corrected chi connectivity index (χ3v) is 2.52. The molecule has 0 unspecified atom stereocenters. The lowest BCUT2D eigenvalue weighted by atomic mass is 10.1. The van der Waals surface area contributed by atoms with E-state index < -0.39 is 0 Å². The van der Waals surface area contributed by atoms with Crippen LogP contribution in [0.1, 0.15) is 18.4 Å². The van der Waals surface area contributed by atoms with Gasteiger partial charge >= 0.3 is 0 Å². The summed E-state index contributed by atoms with van der Waals surface area (Å²) in [6, 6.07) is 5.86. The van der Waals surface area contributed by atoms with Crippen LogP contribution < -0.4 is 5.32 Å². The highest BCUT2D eigenvalue weighted by molar-refractivity contribution is 9.10. The molecule has 1 N–H and O–H groups in total. The Hall–Kier alpha value is -0.830. The van der Waals surface area contributed by atoms with E-state index in [1.54, 1.807) is 0 Å². The molecule has 0 bridgehead atoms. The highest BCUT2D eigenvalue weighted by Crippen LogP contribution is 2.26. The van der Waals surface area contributed by atoms with E-state index in [4.69, 9.17) is 0 Å². The van der Waals surface area contributed by atoms with Gasteiger partial charge in [0, 0.05) is 16.6 Å².